The first kappa shape index (κ1) is 15.1. The van der Waals surface area contributed by atoms with Gasteiger partial charge in [0.1, 0.15) is 5.69 Å². The Morgan fingerprint density at radius 2 is 2.23 bits per heavy atom. The Hall–Kier alpha value is -1.81. The fourth-order valence-electron chi connectivity index (χ4n) is 3.19. The highest BCUT2D eigenvalue weighted by atomic mass is 16.1. The Morgan fingerprint density at radius 3 is 2.95 bits per heavy atom. The minimum Gasteiger partial charge on any atom is -0.351 e. The number of benzene rings is 1. The molecule has 2 aromatic rings. The third kappa shape index (κ3) is 3.17. The van der Waals surface area contributed by atoms with Gasteiger partial charge in [-0.05, 0) is 57.4 Å². The highest BCUT2D eigenvalue weighted by Gasteiger charge is 2.24. The maximum absolute atomic E-state index is 12.3. The third-order valence-electron chi connectivity index (χ3n) is 4.62. The smallest absolute Gasteiger partial charge is 0.267 e. The maximum Gasteiger partial charge on any atom is 0.267 e. The van der Waals surface area contributed by atoms with Crippen LogP contribution < -0.4 is 5.32 Å². The fourth-order valence-corrected chi connectivity index (χ4v) is 3.19. The van der Waals surface area contributed by atoms with Gasteiger partial charge in [-0.1, -0.05) is 12.1 Å². The molecule has 0 saturated carbocycles. The molecule has 4 nitrogen and oxygen atoms in total. The van der Waals surface area contributed by atoms with E-state index in [2.05, 4.69) is 54.2 Å². The number of carbonyl (C=O) groups is 1. The Balaban J connectivity index is 1.59. The lowest BCUT2D eigenvalue weighted by atomic mass is 10.1. The summed E-state index contributed by atoms with van der Waals surface area (Å²) >= 11 is 0. The van der Waals surface area contributed by atoms with Crippen molar-refractivity contribution >= 4 is 16.8 Å². The molecule has 2 heterocycles. The highest BCUT2D eigenvalue weighted by molar-refractivity contribution is 5.98. The van der Waals surface area contributed by atoms with Gasteiger partial charge in [0.05, 0.1) is 0 Å². The molecule has 1 aliphatic rings. The van der Waals surface area contributed by atoms with Crippen LogP contribution >= 0.6 is 0 Å². The second kappa shape index (κ2) is 6.13. The zero-order valence-electron chi connectivity index (χ0n) is 13.6. The van der Waals surface area contributed by atoms with Crippen LogP contribution in [0.4, 0.5) is 0 Å². The SMILES string of the molecule is Cc1ccc2cc(C(=O)NCC3CCN(C(C)C)C3)[nH]c2c1. The van der Waals surface area contributed by atoms with Gasteiger partial charge in [-0.2, -0.15) is 0 Å². The van der Waals surface area contributed by atoms with Crippen molar-refractivity contribution in [3.8, 4) is 0 Å². The summed E-state index contributed by atoms with van der Waals surface area (Å²) in [5, 5.41) is 4.16. The molecule has 2 N–H and O–H groups in total. The van der Waals surface area contributed by atoms with Gasteiger partial charge in [0.25, 0.3) is 5.91 Å². The van der Waals surface area contributed by atoms with Crippen molar-refractivity contribution in [2.45, 2.75) is 33.2 Å². The van der Waals surface area contributed by atoms with Crippen LogP contribution in [0.15, 0.2) is 24.3 Å². The molecule has 1 aromatic heterocycles. The minimum atomic E-state index is -0.00292. The zero-order chi connectivity index (χ0) is 15.7. The number of nitrogens with zero attached hydrogens (tertiary/aromatic N) is 1. The van der Waals surface area contributed by atoms with E-state index < -0.39 is 0 Å². The first-order valence-electron chi connectivity index (χ1n) is 8.14. The quantitative estimate of drug-likeness (QED) is 0.912. The van der Waals surface area contributed by atoms with Crippen molar-refractivity contribution in [1.82, 2.24) is 15.2 Å². The summed E-state index contributed by atoms with van der Waals surface area (Å²) in [5.41, 5.74) is 2.87. The van der Waals surface area contributed by atoms with Gasteiger partial charge < -0.3 is 15.2 Å². The molecule has 4 heteroatoms. The summed E-state index contributed by atoms with van der Waals surface area (Å²) in [7, 11) is 0. The molecule has 1 atom stereocenters. The van der Waals surface area contributed by atoms with Crippen LogP contribution in [-0.4, -0.2) is 41.5 Å². The van der Waals surface area contributed by atoms with Gasteiger partial charge in [0.15, 0.2) is 0 Å². The highest BCUT2D eigenvalue weighted by Crippen LogP contribution is 2.19. The number of aryl methyl sites for hydroxylation is 1. The summed E-state index contributed by atoms with van der Waals surface area (Å²) in [6.45, 7) is 9.51. The van der Waals surface area contributed by atoms with Gasteiger partial charge in [0.2, 0.25) is 0 Å². The standard InChI is InChI=1S/C18H25N3O/c1-12(2)21-7-6-14(11-21)10-19-18(22)17-9-15-5-4-13(3)8-16(15)20-17/h4-5,8-9,12,14,20H,6-7,10-11H2,1-3H3,(H,19,22). The van der Waals surface area contributed by atoms with Crippen molar-refractivity contribution in [2.24, 2.45) is 5.92 Å². The molecule has 1 aromatic carbocycles. The molecule has 1 amide bonds. The Labute approximate surface area is 131 Å². The molecule has 118 valence electrons. The number of carbonyl (C=O) groups excluding carboxylic acids is 1. The average Bonchev–Trinajstić information content (AvgIpc) is 3.10. The summed E-state index contributed by atoms with van der Waals surface area (Å²) in [4.78, 5) is 18.0. The molecule has 0 aliphatic carbocycles. The molecule has 0 spiro atoms. The maximum atomic E-state index is 12.3. The van der Waals surface area contributed by atoms with E-state index in [1.807, 2.05) is 6.07 Å². The molecule has 1 fully saturated rings. The zero-order valence-corrected chi connectivity index (χ0v) is 13.6. The van der Waals surface area contributed by atoms with Crippen molar-refractivity contribution in [1.29, 1.82) is 0 Å². The number of hydrogen-bond acceptors (Lipinski definition) is 2. The fraction of sp³-hybridized carbons (Fsp3) is 0.500. The van der Waals surface area contributed by atoms with E-state index in [-0.39, 0.29) is 5.91 Å². The van der Waals surface area contributed by atoms with E-state index in [9.17, 15) is 4.79 Å². The van der Waals surface area contributed by atoms with Crippen molar-refractivity contribution in [3.63, 3.8) is 0 Å². The lowest BCUT2D eigenvalue weighted by molar-refractivity contribution is 0.0943. The predicted octanol–water partition coefficient (Wildman–Crippen LogP) is 2.94. The molecular formula is C18H25N3O. The first-order valence-corrected chi connectivity index (χ1v) is 8.14. The van der Waals surface area contributed by atoms with E-state index >= 15 is 0 Å². The van der Waals surface area contributed by atoms with Crippen LogP contribution in [0.1, 0.15) is 36.3 Å². The van der Waals surface area contributed by atoms with Crippen LogP contribution in [0.5, 0.6) is 0 Å². The van der Waals surface area contributed by atoms with Gasteiger partial charge in [-0.25, -0.2) is 0 Å². The van der Waals surface area contributed by atoms with Crippen LogP contribution in [0.3, 0.4) is 0 Å². The molecule has 22 heavy (non-hydrogen) atoms. The summed E-state index contributed by atoms with van der Waals surface area (Å²) in [5.74, 6) is 0.565. The second-order valence-corrected chi connectivity index (χ2v) is 6.73. The first-order chi connectivity index (χ1) is 10.5. The number of likely N-dealkylation sites (tertiary alicyclic amines) is 1. The third-order valence-corrected chi connectivity index (χ3v) is 4.62. The number of H-pyrrole nitrogens is 1. The van der Waals surface area contributed by atoms with Gasteiger partial charge in [-0.3, -0.25) is 4.79 Å². The molecule has 0 bridgehead atoms. The number of aromatic amines is 1. The monoisotopic (exact) mass is 299 g/mol. The Kier molecular flexibility index (Phi) is 4.21. The summed E-state index contributed by atoms with van der Waals surface area (Å²) in [6, 6.07) is 8.72. The van der Waals surface area contributed by atoms with Crippen molar-refractivity contribution < 1.29 is 4.79 Å². The number of hydrogen-bond donors (Lipinski definition) is 2. The van der Waals surface area contributed by atoms with Crippen LogP contribution in [0, 0.1) is 12.8 Å². The number of rotatable bonds is 4. The number of nitrogens with one attached hydrogen (secondary N) is 2. The van der Waals surface area contributed by atoms with E-state index in [1.165, 1.54) is 12.0 Å². The molecule has 3 rings (SSSR count). The largest absolute Gasteiger partial charge is 0.351 e. The molecule has 1 unspecified atom stereocenters. The van der Waals surface area contributed by atoms with E-state index in [0.717, 1.165) is 30.5 Å². The normalized spacial score (nSPS) is 19.2. The Bertz CT molecular complexity index is 674. The minimum absolute atomic E-state index is 0.00292. The summed E-state index contributed by atoms with van der Waals surface area (Å²) < 4.78 is 0. The molecule has 0 radical (unpaired) electrons. The van der Waals surface area contributed by atoms with Crippen molar-refractivity contribution in [2.75, 3.05) is 19.6 Å². The van der Waals surface area contributed by atoms with Gasteiger partial charge in [0, 0.05) is 30.0 Å². The second-order valence-electron chi connectivity index (χ2n) is 6.73. The molecular weight excluding hydrogens is 274 g/mol. The van der Waals surface area contributed by atoms with Crippen LogP contribution in [0.2, 0.25) is 0 Å². The number of amides is 1. The van der Waals surface area contributed by atoms with Gasteiger partial charge in [-0.15, -0.1) is 0 Å². The Morgan fingerprint density at radius 1 is 1.41 bits per heavy atom. The molecule has 1 saturated heterocycles. The van der Waals surface area contributed by atoms with Crippen LogP contribution in [-0.2, 0) is 0 Å². The average molecular weight is 299 g/mol. The van der Waals surface area contributed by atoms with E-state index in [0.29, 0.717) is 17.7 Å². The van der Waals surface area contributed by atoms with Crippen LogP contribution in [0.25, 0.3) is 10.9 Å². The summed E-state index contributed by atoms with van der Waals surface area (Å²) in [6.07, 6.45) is 1.17. The van der Waals surface area contributed by atoms with E-state index in [1.54, 1.807) is 0 Å². The predicted molar refractivity (Wildman–Crippen MR) is 90.2 cm³/mol. The topological polar surface area (TPSA) is 48.1 Å². The van der Waals surface area contributed by atoms with Crippen molar-refractivity contribution in [3.05, 3.63) is 35.5 Å². The lowest BCUT2D eigenvalue weighted by Crippen LogP contribution is -2.33. The van der Waals surface area contributed by atoms with Gasteiger partial charge >= 0.3 is 0 Å². The number of aromatic nitrogens is 1. The molecule has 1 aliphatic heterocycles. The number of fused-ring (bicyclic) bond motifs is 1. The van der Waals surface area contributed by atoms with E-state index in [4.69, 9.17) is 0 Å². The lowest BCUT2D eigenvalue weighted by Gasteiger charge is -2.20.